The molecule has 0 radical (unpaired) electrons. The second-order valence-electron chi connectivity index (χ2n) is 4.03. The van der Waals surface area contributed by atoms with E-state index in [0.29, 0.717) is 18.5 Å². The molecule has 0 aliphatic heterocycles. The van der Waals surface area contributed by atoms with Crippen molar-refractivity contribution in [2.24, 2.45) is 5.73 Å². The van der Waals surface area contributed by atoms with Gasteiger partial charge in [0.2, 0.25) is 0 Å². The van der Waals surface area contributed by atoms with Crippen molar-refractivity contribution >= 4 is 38.8 Å². The smallest absolute Gasteiger partial charge is 0.389 e. The van der Waals surface area contributed by atoms with Gasteiger partial charge in [-0.3, -0.25) is 0 Å². The van der Waals surface area contributed by atoms with Crippen molar-refractivity contribution in [2.45, 2.75) is 25.4 Å². The predicted octanol–water partition coefficient (Wildman–Crippen LogP) is 4.23. The Balaban J connectivity index is 2.50. The highest BCUT2D eigenvalue weighted by atomic mass is 79.9. The Morgan fingerprint density at radius 3 is 2.58 bits per heavy atom. The highest BCUT2D eigenvalue weighted by molar-refractivity contribution is 9.10. The minimum atomic E-state index is -4.08. The van der Waals surface area contributed by atoms with Crippen molar-refractivity contribution in [2.75, 3.05) is 11.9 Å². The van der Waals surface area contributed by atoms with Gasteiger partial charge in [0.1, 0.15) is 4.99 Å². The molecule has 0 saturated carbocycles. The van der Waals surface area contributed by atoms with Gasteiger partial charge in [-0.1, -0.05) is 18.3 Å². The number of hydrogen-bond acceptors (Lipinski definition) is 2. The van der Waals surface area contributed by atoms with Crippen LogP contribution in [-0.4, -0.2) is 17.7 Å². The normalized spacial score (nSPS) is 11.4. The second-order valence-corrected chi connectivity index (χ2v) is 5.32. The summed E-state index contributed by atoms with van der Waals surface area (Å²) in [7, 11) is 0. The monoisotopic (exact) mass is 354 g/mol. The molecule has 0 spiro atoms. The van der Waals surface area contributed by atoms with Crippen LogP contribution >= 0.6 is 28.1 Å². The van der Waals surface area contributed by atoms with Crippen molar-refractivity contribution in [1.29, 1.82) is 0 Å². The third-order valence-corrected chi connectivity index (χ3v) is 3.33. The first-order chi connectivity index (χ1) is 8.81. The standard InChI is InChI=1S/C12H14BrF3N2S/c13-8-4-3-5-9(10(8)11(17)19)18-7-2-1-6-12(14,15)16/h3-5,18H,1-2,6-7H2,(H2,17,19). The Labute approximate surface area is 123 Å². The van der Waals surface area contributed by atoms with Crippen molar-refractivity contribution in [3.63, 3.8) is 0 Å². The molecule has 0 aliphatic carbocycles. The van der Waals surface area contributed by atoms with E-state index in [1.165, 1.54) is 0 Å². The zero-order valence-electron chi connectivity index (χ0n) is 10.1. The number of rotatable bonds is 6. The molecule has 0 heterocycles. The number of hydrogen-bond donors (Lipinski definition) is 2. The van der Waals surface area contributed by atoms with Gasteiger partial charge in [0, 0.05) is 28.7 Å². The van der Waals surface area contributed by atoms with E-state index >= 15 is 0 Å². The topological polar surface area (TPSA) is 38.0 Å². The third-order valence-electron chi connectivity index (χ3n) is 2.46. The lowest BCUT2D eigenvalue weighted by molar-refractivity contribution is -0.135. The Morgan fingerprint density at radius 1 is 1.32 bits per heavy atom. The van der Waals surface area contributed by atoms with Crippen LogP contribution in [0.2, 0.25) is 0 Å². The van der Waals surface area contributed by atoms with Crippen LogP contribution < -0.4 is 11.1 Å². The molecule has 1 aromatic carbocycles. The maximum atomic E-state index is 12.0. The molecule has 0 aromatic heterocycles. The second kappa shape index (κ2) is 7.09. The van der Waals surface area contributed by atoms with E-state index in [0.717, 1.165) is 10.2 Å². The minimum Gasteiger partial charge on any atom is -0.389 e. The van der Waals surface area contributed by atoms with Crippen molar-refractivity contribution in [3.05, 3.63) is 28.2 Å². The minimum absolute atomic E-state index is 0.104. The fourth-order valence-corrected chi connectivity index (χ4v) is 2.53. The van der Waals surface area contributed by atoms with E-state index in [1.54, 1.807) is 6.07 Å². The van der Waals surface area contributed by atoms with E-state index in [9.17, 15) is 13.2 Å². The molecule has 1 aromatic rings. The van der Waals surface area contributed by atoms with Crippen LogP contribution in [0.3, 0.4) is 0 Å². The largest absolute Gasteiger partial charge is 0.389 e. The van der Waals surface area contributed by atoms with Crippen molar-refractivity contribution < 1.29 is 13.2 Å². The van der Waals surface area contributed by atoms with Gasteiger partial charge in [-0.25, -0.2) is 0 Å². The lowest BCUT2D eigenvalue weighted by Crippen LogP contribution is -2.15. The lowest BCUT2D eigenvalue weighted by Gasteiger charge is -2.13. The van der Waals surface area contributed by atoms with Gasteiger partial charge in [0.25, 0.3) is 0 Å². The molecule has 2 nitrogen and oxygen atoms in total. The SMILES string of the molecule is NC(=S)c1c(Br)cccc1NCCCCC(F)(F)F. The zero-order chi connectivity index (χ0) is 14.5. The number of thiocarbonyl (C=S) groups is 1. The molecule has 7 heteroatoms. The molecule has 0 amide bonds. The summed E-state index contributed by atoms with van der Waals surface area (Å²) in [5.74, 6) is 0. The fourth-order valence-electron chi connectivity index (χ4n) is 1.60. The van der Waals surface area contributed by atoms with E-state index in [4.69, 9.17) is 18.0 Å². The Hall–Kier alpha value is -0.820. The molecule has 0 saturated heterocycles. The van der Waals surface area contributed by atoms with Gasteiger partial charge < -0.3 is 11.1 Å². The van der Waals surface area contributed by atoms with Gasteiger partial charge in [-0.2, -0.15) is 13.2 Å². The number of nitrogens with one attached hydrogen (secondary N) is 1. The number of halogens is 4. The maximum absolute atomic E-state index is 12.0. The first-order valence-electron chi connectivity index (χ1n) is 5.70. The average molecular weight is 355 g/mol. The van der Waals surface area contributed by atoms with Gasteiger partial charge >= 0.3 is 6.18 Å². The summed E-state index contributed by atoms with van der Waals surface area (Å²) in [5, 5.41) is 3.06. The Morgan fingerprint density at radius 2 is 2.00 bits per heavy atom. The highest BCUT2D eigenvalue weighted by Crippen LogP contribution is 2.25. The van der Waals surface area contributed by atoms with Crippen LogP contribution in [0, 0.1) is 0 Å². The quantitative estimate of drug-likeness (QED) is 0.593. The lowest BCUT2D eigenvalue weighted by atomic mass is 10.1. The fraction of sp³-hybridized carbons (Fsp3) is 0.417. The van der Waals surface area contributed by atoms with Crippen LogP contribution in [0.5, 0.6) is 0 Å². The molecule has 0 aliphatic rings. The van der Waals surface area contributed by atoms with Crippen LogP contribution in [0.4, 0.5) is 18.9 Å². The summed E-state index contributed by atoms with van der Waals surface area (Å²) in [6.45, 7) is 0.447. The van der Waals surface area contributed by atoms with Gasteiger partial charge in [0.15, 0.2) is 0 Å². The predicted molar refractivity (Wildman–Crippen MR) is 78.4 cm³/mol. The molecule has 0 atom stereocenters. The number of unbranched alkanes of at least 4 members (excludes halogenated alkanes) is 1. The molecule has 106 valence electrons. The van der Waals surface area contributed by atoms with Gasteiger partial charge in [-0.15, -0.1) is 0 Å². The summed E-state index contributed by atoms with van der Waals surface area (Å²) >= 11 is 8.29. The van der Waals surface area contributed by atoms with Crippen molar-refractivity contribution in [1.82, 2.24) is 0 Å². The third kappa shape index (κ3) is 5.78. The van der Waals surface area contributed by atoms with Gasteiger partial charge in [0.05, 0.1) is 0 Å². The van der Waals surface area contributed by atoms with E-state index < -0.39 is 12.6 Å². The van der Waals surface area contributed by atoms with Crippen LogP contribution in [-0.2, 0) is 0 Å². The van der Waals surface area contributed by atoms with Crippen LogP contribution in [0.1, 0.15) is 24.8 Å². The zero-order valence-corrected chi connectivity index (χ0v) is 12.5. The Bertz CT molecular complexity index is 449. The summed E-state index contributed by atoms with van der Waals surface area (Å²) in [5.41, 5.74) is 7.02. The Kier molecular flexibility index (Phi) is 6.06. The summed E-state index contributed by atoms with van der Waals surface area (Å²) in [6.07, 6.45) is -4.30. The first-order valence-corrected chi connectivity index (χ1v) is 6.90. The summed E-state index contributed by atoms with van der Waals surface area (Å²) in [6, 6.07) is 5.41. The average Bonchev–Trinajstić information content (AvgIpc) is 2.26. The first kappa shape index (κ1) is 16.2. The number of nitrogens with two attached hydrogens (primary N) is 1. The highest BCUT2D eigenvalue weighted by Gasteiger charge is 2.25. The van der Waals surface area contributed by atoms with E-state index in [2.05, 4.69) is 21.2 Å². The van der Waals surface area contributed by atoms with Crippen LogP contribution in [0.25, 0.3) is 0 Å². The number of benzene rings is 1. The van der Waals surface area contributed by atoms with Crippen molar-refractivity contribution in [3.8, 4) is 0 Å². The molecule has 0 fully saturated rings. The molecule has 0 bridgehead atoms. The maximum Gasteiger partial charge on any atom is 0.389 e. The molecule has 3 N–H and O–H groups in total. The van der Waals surface area contributed by atoms with E-state index in [1.807, 2.05) is 12.1 Å². The summed E-state index contributed by atoms with van der Waals surface area (Å²) in [4.78, 5) is 0.241. The summed E-state index contributed by atoms with van der Waals surface area (Å²) < 4.78 is 36.7. The molecule has 1 rings (SSSR count). The van der Waals surface area contributed by atoms with Gasteiger partial charge in [-0.05, 0) is 40.9 Å². The van der Waals surface area contributed by atoms with Crippen LogP contribution in [0.15, 0.2) is 22.7 Å². The number of anilines is 1. The number of alkyl halides is 3. The molecule has 19 heavy (non-hydrogen) atoms. The molecule has 0 unspecified atom stereocenters. The molecular weight excluding hydrogens is 341 g/mol. The van der Waals surface area contributed by atoms with E-state index in [-0.39, 0.29) is 11.4 Å². The molecular formula is C12H14BrF3N2S.